The van der Waals surface area contributed by atoms with Crippen LogP contribution in [0.25, 0.3) is 0 Å². The van der Waals surface area contributed by atoms with Gasteiger partial charge in [-0.3, -0.25) is 0 Å². The van der Waals surface area contributed by atoms with Crippen LogP contribution in [0, 0.1) is 20.8 Å². The molecule has 0 saturated heterocycles. The third-order valence-corrected chi connectivity index (χ3v) is 5.96. The maximum Gasteiger partial charge on any atom is 0.339 e. The lowest BCUT2D eigenvalue weighted by Gasteiger charge is -2.12. The van der Waals surface area contributed by atoms with Gasteiger partial charge in [-0.25, -0.2) is 4.79 Å². The molecule has 0 amide bonds. The summed E-state index contributed by atoms with van der Waals surface area (Å²) in [6, 6.07) is 18.6. The highest BCUT2D eigenvalue weighted by molar-refractivity contribution is 7.87. The topological polar surface area (TPSA) is 69.7 Å². The molecule has 5 nitrogen and oxygen atoms in total. The smallest absolute Gasteiger partial charge is 0.339 e. The Kier molecular flexibility index (Phi) is 6.03. The number of ether oxygens (including phenoxy) is 1. The summed E-state index contributed by atoms with van der Waals surface area (Å²) in [5, 5.41) is 0. The van der Waals surface area contributed by atoms with Crippen molar-refractivity contribution in [3.8, 4) is 5.75 Å². The van der Waals surface area contributed by atoms with Crippen LogP contribution in [0.1, 0.15) is 32.6 Å². The maximum absolute atomic E-state index is 12.7. The molecule has 150 valence electrons. The molecule has 6 heteroatoms. The molecule has 0 spiro atoms. The van der Waals surface area contributed by atoms with Crippen molar-refractivity contribution in [1.29, 1.82) is 0 Å². The Morgan fingerprint density at radius 1 is 0.828 bits per heavy atom. The third kappa shape index (κ3) is 5.03. The molecule has 0 unspecified atom stereocenters. The number of benzene rings is 3. The summed E-state index contributed by atoms with van der Waals surface area (Å²) in [6.07, 6.45) is 0. The van der Waals surface area contributed by atoms with E-state index in [2.05, 4.69) is 0 Å². The fraction of sp³-hybridized carbons (Fsp3) is 0.174. The van der Waals surface area contributed by atoms with Crippen LogP contribution in [-0.2, 0) is 21.5 Å². The van der Waals surface area contributed by atoms with E-state index in [1.807, 2.05) is 50.2 Å². The van der Waals surface area contributed by atoms with Gasteiger partial charge in [-0.15, -0.1) is 0 Å². The zero-order valence-electron chi connectivity index (χ0n) is 16.5. The summed E-state index contributed by atoms with van der Waals surface area (Å²) in [5.41, 5.74) is 3.70. The molecule has 29 heavy (non-hydrogen) atoms. The van der Waals surface area contributed by atoms with Crippen LogP contribution in [0.15, 0.2) is 71.6 Å². The number of aryl methyl sites for hydroxylation is 3. The lowest BCUT2D eigenvalue weighted by molar-refractivity contribution is 0.0472. The van der Waals surface area contributed by atoms with Crippen LogP contribution in [0.4, 0.5) is 0 Å². The van der Waals surface area contributed by atoms with Crippen molar-refractivity contribution in [2.24, 2.45) is 0 Å². The van der Waals surface area contributed by atoms with Gasteiger partial charge in [0.15, 0.2) is 0 Å². The number of hydrogen-bond acceptors (Lipinski definition) is 5. The highest BCUT2D eigenvalue weighted by Gasteiger charge is 2.20. The van der Waals surface area contributed by atoms with Crippen molar-refractivity contribution in [2.45, 2.75) is 32.3 Å². The molecule has 0 aliphatic rings. The molecular formula is C23H22O5S. The highest BCUT2D eigenvalue weighted by atomic mass is 32.2. The van der Waals surface area contributed by atoms with Crippen molar-refractivity contribution in [3.05, 3.63) is 94.5 Å². The summed E-state index contributed by atoms with van der Waals surface area (Å²) in [7, 11) is -3.98. The van der Waals surface area contributed by atoms with E-state index in [4.69, 9.17) is 8.92 Å². The average molecular weight is 410 g/mol. The second-order valence-corrected chi connectivity index (χ2v) is 8.34. The Morgan fingerprint density at radius 2 is 1.45 bits per heavy atom. The summed E-state index contributed by atoms with van der Waals surface area (Å²) in [6.45, 7) is 5.67. The second-order valence-electron chi connectivity index (χ2n) is 6.83. The molecule has 0 atom stereocenters. The summed E-state index contributed by atoms with van der Waals surface area (Å²) in [5.74, 6) is -0.365. The first-order valence-electron chi connectivity index (χ1n) is 9.10. The largest absolute Gasteiger partial charge is 0.457 e. The molecule has 0 N–H and O–H groups in total. The van der Waals surface area contributed by atoms with Crippen LogP contribution >= 0.6 is 0 Å². The number of rotatable bonds is 6. The first-order valence-corrected chi connectivity index (χ1v) is 10.5. The first kappa shape index (κ1) is 20.6. The normalized spacial score (nSPS) is 11.1. The van der Waals surface area contributed by atoms with Crippen molar-refractivity contribution in [1.82, 2.24) is 0 Å². The molecule has 0 aliphatic carbocycles. The van der Waals surface area contributed by atoms with Gasteiger partial charge in [0.1, 0.15) is 17.3 Å². The molecule has 3 aromatic carbocycles. The van der Waals surface area contributed by atoms with Gasteiger partial charge in [-0.05, 0) is 73.4 Å². The minimum Gasteiger partial charge on any atom is -0.457 e. The van der Waals surface area contributed by atoms with Crippen LogP contribution in [0.5, 0.6) is 5.75 Å². The van der Waals surface area contributed by atoms with Crippen LogP contribution < -0.4 is 4.18 Å². The minimum absolute atomic E-state index is 0.127. The number of hydrogen-bond donors (Lipinski definition) is 0. The molecule has 0 fully saturated rings. The molecule has 0 bridgehead atoms. The van der Waals surface area contributed by atoms with E-state index < -0.39 is 16.1 Å². The fourth-order valence-corrected chi connectivity index (χ4v) is 4.06. The number of carbonyl (C=O) groups excluding carboxylic acids is 1. The lowest BCUT2D eigenvalue weighted by Crippen LogP contribution is -2.12. The van der Waals surface area contributed by atoms with Gasteiger partial charge in [0, 0.05) is 0 Å². The van der Waals surface area contributed by atoms with Gasteiger partial charge in [0.2, 0.25) is 0 Å². The van der Waals surface area contributed by atoms with Crippen molar-refractivity contribution in [3.63, 3.8) is 0 Å². The number of carbonyl (C=O) groups is 1. The molecule has 0 heterocycles. The summed E-state index contributed by atoms with van der Waals surface area (Å²) in [4.78, 5) is 12.3. The van der Waals surface area contributed by atoms with Gasteiger partial charge >= 0.3 is 16.1 Å². The molecule has 0 radical (unpaired) electrons. The van der Waals surface area contributed by atoms with Gasteiger partial charge in [0.25, 0.3) is 0 Å². The summed E-state index contributed by atoms with van der Waals surface area (Å²) < 4.78 is 35.8. The average Bonchev–Trinajstić information content (AvgIpc) is 2.70. The predicted octanol–water partition coefficient (Wildman–Crippen LogP) is 4.74. The Balaban J connectivity index is 1.70. The molecule has 0 saturated carbocycles. The van der Waals surface area contributed by atoms with E-state index in [-0.39, 0.29) is 17.3 Å². The van der Waals surface area contributed by atoms with Crippen LogP contribution in [0.3, 0.4) is 0 Å². The SMILES string of the molecule is Cc1cc(C)c(S(=O)(=O)Oc2ccc(C(=O)OCc3ccccc3)cc2)cc1C. The Bertz CT molecular complexity index is 1120. The van der Waals surface area contributed by atoms with E-state index in [9.17, 15) is 13.2 Å². The van der Waals surface area contributed by atoms with Crippen molar-refractivity contribution < 1.29 is 22.1 Å². The maximum atomic E-state index is 12.7. The Morgan fingerprint density at radius 3 is 2.10 bits per heavy atom. The van der Waals surface area contributed by atoms with E-state index in [0.717, 1.165) is 16.7 Å². The molecular weight excluding hydrogens is 388 g/mol. The molecule has 0 aliphatic heterocycles. The van der Waals surface area contributed by atoms with Crippen LogP contribution in [-0.4, -0.2) is 14.4 Å². The summed E-state index contributed by atoms with van der Waals surface area (Å²) >= 11 is 0. The van der Waals surface area contributed by atoms with Gasteiger partial charge in [-0.2, -0.15) is 8.42 Å². The Labute approximate surface area is 171 Å². The monoisotopic (exact) mass is 410 g/mol. The molecule has 3 rings (SSSR count). The van der Waals surface area contributed by atoms with E-state index in [1.165, 1.54) is 24.3 Å². The van der Waals surface area contributed by atoms with Crippen LogP contribution in [0.2, 0.25) is 0 Å². The number of esters is 1. The quantitative estimate of drug-likeness (QED) is 0.434. The molecule has 0 aromatic heterocycles. The third-order valence-electron chi connectivity index (χ3n) is 4.57. The second kappa shape index (κ2) is 8.49. The lowest BCUT2D eigenvalue weighted by atomic mass is 10.1. The molecule has 3 aromatic rings. The van der Waals surface area contributed by atoms with Crippen molar-refractivity contribution >= 4 is 16.1 Å². The fourth-order valence-electron chi connectivity index (χ4n) is 2.83. The van der Waals surface area contributed by atoms with E-state index in [0.29, 0.717) is 11.1 Å². The highest BCUT2D eigenvalue weighted by Crippen LogP contribution is 2.24. The minimum atomic E-state index is -3.98. The van der Waals surface area contributed by atoms with Gasteiger partial charge in [0.05, 0.1) is 5.56 Å². The van der Waals surface area contributed by atoms with Gasteiger partial charge in [-0.1, -0.05) is 36.4 Å². The first-order chi connectivity index (χ1) is 13.8. The van der Waals surface area contributed by atoms with E-state index in [1.54, 1.807) is 13.0 Å². The zero-order valence-corrected chi connectivity index (χ0v) is 17.3. The standard InChI is InChI=1S/C23H22O5S/c1-16-13-18(3)22(14-17(16)2)29(25,26)28-21-11-9-20(10-12-21)23(24)27-15-19-7-5-4-6-8-19/h4-14H,15H2,1-3H3. The van der Waals surface area contributed by atoms with E-state index >= 15 is 0 Å². The van der Waals surface area contributed by atoms with Gasteiger partial charge < -0.3 is 8.92 Å². The predicted molar refractivity (Wildman–Crippen MR) is 110 cm³/mol. The van der Waals surface area contributed by atoms with Crippen molar-refractivity contribution in [2.75, 3.05) is 0 Å². The Hall–Kier alpha value is -3.12. The zero-order chi connectivity index (χ0) is 21.0.